The minimum atomic E-state index is -4.50. The summed E-state index contributed by atoms with van der Waals surface area (Å²) < 4.78 is 39.8. The number of nitrogen functional groups attached to an aromatic ring is 1. The molecule has 0 saturated carbocycles. The maximum atomic E-state index is 12.7. The van der Waals surface area contributed by atoms with E-state index >= 15 is 0 Å². The maximum absolute atomic E-state index is 12.7. The van der Waals surface area contributed by atoms with E-state index in [4.69, 9.17) is 5.73 Å². The molecule has 0 aliphatic heterocycles. The Hall–Kier alpha value is -3.21. The molecule has 0 aliphatic carbocycles. The SMILES string of the molecule is Nc1ccc(Sc2nc(Nc3cc(C(F)(F)F)[nH]n3)c3cccn3n2)cc1. The van der Waals surface area contributed by atoms with Gasteiger partial charge in [0, 0.05) is 22.8 Å². The Balaban J connectivity index is 1.66. The first-order chi connectivity index (χ1) is 12.9. The van der Waals surface area contributed by atoms with E-state index in [2.05, 4.69) is 20.5 Å². The summed E-state index contributed by atoms with van der Waals surface area (Å²) in [5, 5.41) is 13.2. The number of benzene rings is 1. The van der Waals surface area contributed by atoms with Gasteiger partial charge in [-0.1, -0.05) is 0 Å². The molecule has 4 rings (SSSR count). The molecule has 0 bridgehead atoms. The first kappa shape index (κ1) is 17.2. The van der Waals surface area contributed by atoms with Crippen molar-refractivity contribution in [1.29, 1.82) is 0 Å². The van der Waals surface area contributed by atoms with Crippen molar-refractivity contribution in [3.05, 3.63) is 54.4 Å². The summed E-state index contributed by atoms with van der Waals surface area (Å²) in [6.07, 6.45) is -2.78. The molecule has 0 aliphatic rings. The van der Waals surface area contributed by atoms with Crippen LogP contribution in [-0.4, -0.2) is 24.8 Å². The number of nitrogens with zero attached hydrogens (tertiary/aromatic N) is 4. The summed E-state index contributed by atoms with van der Waals surface area (Å²) in [7, 11) is 0. The van der Waals surface area contributed by atoms with E-state index in [0.29, 0.717) is 22.2 Å². The molecule has 3 aromatic heterocycles. The molecule has 4 N–H and O–H groups in total. The van der Waals surface area contributed by atoms with Crippen molar-refractivity contribution in [2.75, 3.05) is 11.1 Å². The zero-order valence-electron chi connectivity index (χ0n) is 13.5. The fourth-order valence-electron chi connectivity index (χ4n) is 2.34. The molecule has 7 nitrogen and oxygen atoms in total. The van der Waals surface area contributed by atoms with E-state index in [9.17, 15) is 13.2 Å². The topological polar surface area (TPSA) is 96.9 Å². The van der Waals surface area contributed by atoms with Gasteiger partial charge in [0.1, 0.15) is 11.2 Å². The van der Waals surface area contributed by atoms with Gasteiger partial charge in [0.15, 0.2) is 11.6 Å². The molecule has 11 heteroatoms. The lowest BCUT2D eigenvalue weighted by atomic mass is 10.3. The number of aromatic nitrogens is 5. The van der Waals surface area contributed by atoms with E-state index in [-0.39, 0.29) is 5.82 Å². The van der Waals surface area contributed by atoms with Crippen LogP contribution in [0, 0.1) is 0 Å². The molecule has 0 saturated heterocycles. The average Bonchev–Trinajstić information content (AvgIpc) is 3.26. The van der Waals surface area contributed by atoms with Gasteiger partial charge in [-0.3, -0.25) is 5.10 Å². The monoisotopic (exact) mass is 391 g/mol. The highest BCUT2D eigenvalue weighted by atomic mass is 32.2. The number of halogens is 3. The average molecular weight is 391 g/mol. The number of rotatable bonds is 4. The lowest BCUT2D eigenvalue weighted by Crippen LogP contribution is -2.04. The Morgan fingerprint density at radius 1 is 1.15 bits per heavy atom. The van der Waals surface area contributed by atoms with Crippen LogP contribution < -0.4 is 11.1 Å². The first-order valence-corrected chi connectivity index (χ1v) is 8.48. The molecule has 0 spiro atoms. The van der Waals surface area contributed by atoms with Gasteiger partial charge in [-0.25, -0.2) is 9.50 Å². The molecular formula is C16H12F3N7S. The normalized spacial score (nSPS) is 11.8. The predicted octanol–water partition coefficient (Wildman–Crippen LogP) is 3.95. The van der Waals surface area contributed by atoms with Crippen LogP contribution in [0.3, 0.4) is 0 Å². The van der Waals surface area contributed by atoms with Crippen molar-refractivity contribution in [2.24, 2.45) is 0 Å². The molecule has 0 unspecified atom stereocenters. The highest BCUT2D eigenvalue weighted by Gasteiger charge is 2.33. The maximum Gasteiger partial charge on any atom is 0.432 e. The van der Waals surface area contributed by atoms with Gasteiger partial charge in [0.2, 0.25) is 5.16 Å². The van der Waals surface area contributed by atoms with Gasteiger partial charge >= 0.3 is 6.18 Å². The number of H-pyrrole nitrogens is 1. The van der Waals surface area contributed by atoms with Crippen LogP contribution >= 0.6 is 11.8 Å². The van der Waals surface area contributed by atoms with Crippen LogP contribution in [0.5, 0.6) is 0 Å². The molecule has 0 atom stereocenters. The fourth-order valence-corrected chi connectivity index (χ4v) is 3.09. The Morgan fingerprint density at radius 2 is 1.93 bits per heavy atom. The van der Waals surface area contributed by atoms with Crippen LogP contribution in [-0.2, 0) is 6.18 Å². The minimum absolute atomic E-state index is 0.00700. The molecule has 0 radical (unpaired) electrons. The van der Waals surface area contributed by atoms with Gasteiger partial charge in [0.25, 0.3) is 0 Å². The summed E-state index contributed by atoms with van der Waals surface area (Å²) in [4.78, 5) is 5.29. The number of nitrogens with one attached hydrogen (secondary N) is 2. The third-order valence-corrected chi connectivity index (χ3v) is 4.45. The van der Waals surface area contributed by atoms with E-state index < -0.39 is 11.9 Å². The standard InChI is InChI=1S/C16H12F3N7S/c17-16(18,19)12-8-13(24-23-12)21-14-11-2-1-7-26(11)25-15(22-14)27-10-5-3-9(20)4-6-10/h1-8H,20H2,(H2,21,22,23,24,25). The number of hydrogen-bond donors (Lipinski definition) is 3. The zero-order valence-corrected chi connectivity index (χ0v) is 14.3. The van der Waals surface area contributed by atoms with Crippen LogP contribution in [0.1, 0.15) is 5.69 Å². The smallest absolute Gasteiger partial charge is 0.399 e. The molecule has 27 heavy (non-hydrogen) atoms. The third kappa shape index (κ3) is 3.67. The number of fused-ring (bicyclic) bond motifs is 1. The lowest BCUT2D eigenvalue weighted by molar-refractivity contribution is -0.141. The zero-order chi connectivity index (χ0) is 19.0. The number of alkyl halides is 3. The largest absolute Gasteiger partial charge is 0.432 e. The lowest BCUT2D eigenvalue weighted by Gasteiger charge is -2.08. The fraction of sp³-hybridized carbons (Fsp3) is 0.0625. The minimum Gasteiger partial charge on any atom is -0.399 e. The van der Waals surface area contributed by atoms with Crippen molar-refractivity contribution in [1.82, 2.24) is 24.8 Å². The summed E-state index contributed by atoms with van der Waals surface area (Å²) >= 11 is 1.30. The van der Waals surface area contributed by atoms with Crippen molar-refractivity contribution in [2.45, 2.75) is 16.2 Å². The number of aromatic amines is 1. The van der Waals surface area contributed by atoms with Gasteiger partial charge in [0.05, 0.1) is 0 Å². The predicted molar refractivity (Wildman–Crippen MR) is 94.8 cm³/mol. The molecule has 4 aromatic rings. The van der Waals surface area contributed by atoms with Gasteiger partial charge in [-0.15, -0.1) is 5.10 Å². The molecule has 138 valence electrons. The highest BCUT2D eigenvalue weighted by molar-refractivity contribution is 7.99. The first-order valence-electron chi connectivity index (χ1n) is 7.67. The quantitative estimate of drug-likeness (QED) is 0.456. The van der Waals surface area contributed by atoms with Crippen LogP contribution in [0.15, 0.2) is 58.7 Å². The second-order valence-corrected chi connectivity index (χ2v) is 6.58. The number of hydrogen-bond acceptors (Lipinski definition) is 6. The van der Waals surface area contributed by atoms with Crippen molar-refractivity contribution in [3.8, 4) is 0 Å². The van der Waals surface area contributed by atoms with Gasteiger partial charge in [-0.05, 0) is 48.2 Å². The summed E-state index contributed by atoms with van der Waals surface area (Å²) in [5.41, 5.74) is 5.98. The van der Waals surface area contributed by atoms with Gasteiger partial charge in [-0.2, -0.15) is 18.3 Å². The Morgan fingerprint density at radius 3 is 2.63 bits per heavy atom. The summed E-state index contributed by atoms with van der Waals surface area (Å²) in [6.45, 7) is 0. The molecule has 0 amide bonds. The van der Waals surface area contributed by atoms with E-state index in [1.807, 2.05) is 17.2 Å². The van der Waals surface area contributed by atoms with Crippen molar-refractivity contribution >= 4 is 34.6 Å². The molecule has 0 fully saturated rings. The van der Waals surface area contributed by atoms with E-state index in [1.54, 1.807) is 35.0 Å². The summed E-state index contributed by atoms with van der Waals surface area (Å²) in [5.74, 6) is 0.348. The highest BCUT2D eigenvalue weighted by Crippen LogP contribution is 2.31. The van der Waals surface area contributed by atoms with E-state index in [1.165, 1.54) is 11.8 Å². The van der Waals surface area contributed by atoms with Crippen LogP contribution in [0.25, 0.3) is 5.52 Å². The third-order valence-electron chi connectivity index (χ3n) is 3.59. The van der Waals surface area contributed by atoms with Crippen LogP contribution in [0.2, 0.25) is 0 Å². The van der Waals surface area contributed by atoms with Gasteiger partial charge < -0.3 is 11.1 Å². The Labute approximate surface area is 154 Å². The Kier molecular flexibility index (Phi) is 4.15. The van der Waals surface area contributed by atoms with E-state index in [0.717, 1.165) is 11.0 Å². The number of anilines is 3. The van der Waals surface area contributed by atoms with Crippen LogP contribution in [0.4, 0.5) is 30.5 Å². The second-order valence-electron chi connectivity index (χ2n) is 5.54. The summed E-state index contributed by atoms with van der Waals surface area (Å²) in [6, 6.07) is 11.6. The van der Waals surface area contributed by atoms with Crippen molar-refractivity contribution in [3.63, 3.8) is 0 Å². The second kappa shape index (κ2) is 6.50. The molecular weight excluding hydrogens is 379 g/mol. The Bertz CT molecular complexity index is 1090. The number of nitrogens with two attached hydrogens (primary N) is 1. The molecule has 1 aromatic carbocycles. The van der Waals surface area contributed by atoms with Crippen molar-refractivity contribution < 1.29 is 13.2 Å². The molecule has 3 heterocycles.